The molecule has 2 aliphatic rings. The lowest BCUT2D eigenvalue weighted by molar-refractivity contribution is -0.137. The normalized spacial score (nSPS) is 20.6. The maximum atomic E-state index is 12.7. The number of hydrogen-bond donors (Lipinski definition) is 1. The molecule has 0 radical (unpaired) electrons. The van der Waals surface area contributed by atoms with Crippen LogP contribution in [0.3, 0.4) is 0 Å². The molecule has 1 atom stereocenters. The number of urea groups is 1. The van der Waals surface area contributed by atoms with E-state index in [4.69, 9.17) is 4.98 Å². The van der Waals surface area contributed by atoms with Gasteiger partial charge in [0.25, 0.3) is 5.91 Å². The highest BCUT2D eigenvalue weighted by Crippen LogP contribution is 2.33. The maximum Gasteiger partial charge on any atom is 0.325 e. The quantitative estimate of drug-likeness (QED) is 0.836. The van der Waals surface area contributed by atoms with Gasteiger partial charge in [-0.3, -0.25) is 14.5 Å². The fourth-order valence-electron chi connectivity index (χ4n) is 3.64. The van der Waals surface area contributed by atoms with Crippen molar-refractivity contribution in [2.45, 2.75) is 18.9 Å². The zero-order valence-corrected chi connectivity index (χ0v) is 13.9. The second-order valence-corrected chi connectivity index (χ2v) is 6.40. The van der Waals surface area contributed by atoms with Gasteiger partial charge in [-0.15, -0.1) is 0 Å². The van der Waals surface area contributed by atoms with Crippen LogP contribution in [0.25, 0.3) is 11.0 Å². The Morgan fingerprint density at radius 3 is 2.84 bits per heavy atom. The van der Waals surface area contributed by atoms with E-state index in [0.717, 1.165) is 34.6 Å². The molecule has 0 spiro atoms. The minimum Gasteiger partial charge on any atom is -0.331 e. The second-order valence-electron chi connectivity index (χ2n) is 6.40. The largest absolute Gasteiger partial charge is 0.331 e. The number of carbonyl (C=O) groups excluding carboxylic acids is 3. The number of benzene rings is 1. The van der Waals surface area contributed by atoms with Crippen LogP contribution in [0, 0.1) is 0 Å². The molecule has 1 N–H and O–H groups in total. The fourth-order valence-corrected chi connectivity index (χ4v) is 3.64. The average Bonchev–Trinajstić information content (AvgIpc) is 3.29. The molecule has 4 amide bonds. The lowest BCUT2D eigenvalue weighted by atomic mass is 10.2. The van der Waals surface area contributed by atoms with Crippen LogP contribution < -0.4 is 5.32 Å². The predicted octanol–water partition coefficient (Wildman–Crippen LogP) is 0.789. The van der Waals surface area contributed by atoms with Crippen molar-refractivity contribution < 1.29 is 14.4 Å². The highest BCUT2D eigenvalue weighted by Gasteiger charge is 2.37. The third kappa shape index (κ3) is 2.54. The van der Waals surface area contributed by atoms with Crippen LogP contribution in [0.2, 0.25) is 0 Å². The van der Waals surface area contributed by atoms with Crippen molar-refractivity contribution in [3.8, 4) is 0 Å². The zero-order valence-electron chi connectivity index (χ0n) is 13.9. The van der Waals surface area contributed by atoms with Gasteiger partial charge in [0.1, 0.15) is 12.4 Å². The molecule has 0 unspecified atom stereocenters. The number of amides is 4. The number of imidazole rings is 1. The molecular weight excluding hydrogens is 322 g/mol. The van der Waals surface area contributed by atoms with E-state index in [9.17, 15) is 14.4 Å². The molecular formula is C17H19N5O3. The number of aromatic nitrogens is 2. The van der Waals surface area contributed by atoms with Crippen molar-refractivity contribution in [1.82, 2.24) is 24.7 Å². The van der Waals surface area contributed by atoms with Crippen LogP contribution in [0.15, 0.2) is 24.3 Å². The number of hydrogen-bond acceptors (Lipinski definition) is 4. The number of carbonyl (C=O) groups is 3. The van der Waals surface area contributed by atoms with E-state index >= 15 is 0 Å². The first-order valence-corrected chi connectivity index (χ1v) is 8.35. The Kier molecular flexibility index (Phi) is 3.67. The Balaban J connectivity index is 1.59. The van der Waals surface area contributed by atoms with Crippen LogP contribution in [0.5, 0.6) is 0 Å². The lowest BCUT2D eigenvalue weighted by Gasteiger charge is -2.26. The molecule has 3 heterocycles. The first-order chi connectivity index (χ1) is 12.1. The van der Waals surface area contributed by atoms with Crippen LogP contribution in [-0.2, 0) is 16.6 Å². The van der Waals surface area contributed by atoms with Gasteiger partial charge in [-0.2, -0.15) is 0 Å². The number of para-hydroxylation sites is 2. The number of nitrogens with one attached hydrogen (secondary N) is 1. The average molecular weight is 341 g/mol. The van der Waals surface area contributed by atoms with E-state index < -0.39 is 6.03 Å². The summed E-state index contributed by atoms with van der Waals surface area (Å²) in [6, 6.07) is 7.22. The smallest absolute Gasteiger partial charge is 0.325 e. The summed E-state index contributed by atoms with van der Waals surface area (Å²) in [5.41, 5.74) is 1.92. The Morgan fingerprint density at radius 1 is 1.32 bits per heavy atom. The summed E-state index contributed by atoms with van der Waals surface area (Å²) in [7, 11) is 1.95. The van der Waals surface area contributed by atoms with E-state index in [-0.39, 0.29) is 30.9 Å². The summed E-state index contributed by atoms with van der Waals surface area (Å²) in [6.07, 6.45) is 1.70. The summed E-state index contributed by atoms with van der Waals surface area (Å²) in [6.45, 7) is 0.349. The Bertz CT molecular complexity index is 858. The molecule has 0 saturated carbocycles. The summed E-state index contributed by atoms with van der Waals surface area (Å²) in [5.74, 6) is 0.251. The van der Waals surface area contributed by atoms with Crippen molar-refractivity contribution in [2.75, 3.05) is 19.6 Å². The van der Waals surface area contributed by atoms with Gasteiger partial charge in [-0.1, -0.05) is 12.1 Å². The van der Waals surface area contributed by atoms with Gasteiger partial charge >= 0.3 is 6.03 Å². The zero-order chi connectivity index (χ0) is 17.6. The fraction of sp³-hybridized carbons (Fsp3) is 0.412. The summed E-state index contributed by atoms with van der Waals surface area (Å²) < 4.78 is 2.01. The second kappa shape index (κ2) is 5.87. The molecule has 2 saturated heterocycles. The predicted molar refractivity (Wildman–Crippen MR) is 89.5 cm³/mol. The first-order valence-electron chi connectivity index (χ1n) is 8.35. The molecule has 25 heavy (non-hydrogen) atoms. The Labute approximate surface area is 144 Å². The van der Waals surface area contributed by atoms with E-state index in [1.807, 2.05) is 35.9 Å². The van der Waals surface area contributed by atoms with Gasteiger partial charge in [-0.05, 0) is 25.0 Å². The van der Waals surface area contributed by atoms with Gasteiger partial charge < -0.3 is 14.8 Å². The van der Waals surface area contributed by atoms with Crippen molar-refractivity contribution in [3.05, 3.63) is 30.1 Å². The third-order valence-electron chi connectivity index (χ3n) is 4.92. The molecule has 1 aromatic carbocycles. The van der Waals surface area contributed by atoms with Gasteiger partial charge in [-0.25, -0.2) is 9.78 Å². The number of rotatable bonds is 3. The summed E-state index contributed by atoms with van der Waals surface area (Å²) >= 11 is 0. The van der Waals surface area contributed by atoms with Crippen LogP contribution in [0.1, 0.15) is 24.7 Å². The molecule has 1 aromatic heterocycles. The minimum absolute atomic E-state index is 0.0414. The lowest BCUT2D eigenvalue weighted by Crippen LogP contribution is -2.43. The van der Waals surface area contributed by atoms with Crippen molar-refractivity contribution >= 4 is 28.9 Å². The van der Waals surface area contributed by atoms with Crippen LogP contribution >= 0.6 is 0 Å². The highest BCUT2D eigenvalue weighted by molar-refractivity contribution is 6.04. The summed E-state index contributed by atoms with van der Waals surface area (Å²) in [5, 5.41) is 2.44. The minimum atomic E-state index is -0.503. The number of likely N-dealkylation sites (tertiary alicyclic amines) is 1. The van der Waals surface area contributed by atoms with Gasteiger partial charge in [0.05, 0.1) is 23.6 Å². The molecule has 130 valence electrons. The topological polar surface area (TPSA) is 87.5 Å². The number of imide groups is 1. The van der Waals surface area contributed by atoms with Crippen molar-refractivity contribution in [3.63, 3.8) is 0 Å². The third-order valence-corrected chi connectivity index (χ3v) is 4.92. The maximum absolute atomic E-state index is 12.7. The van der Waals surface area contributed by atoms with E-state index in [0.29, 0.717) is 6.54 Å². The molecule has 8 nitrogen and oxygen atoms in total. The molecule has 0 aliphatic carbocycles. The SMILES string of the molecule is Cn1c([C@H]2CCCN2C(=O)CN2C(=O)CNC2=O)nc2ccccc21. The standard InChI is InChI=1S/C17H19N5O3/c1-20-12-6-3-2-5-11(12)19-16(20)13-7-4-8-21(13)15(24)10-22-14(23)9-18-17(22)25/h2-3,5-6,13H,4,7-10H2,1H3,(H,18,25)/t13-/m1/s1. The number of aryl methyl sites for hydroxylation is 1. The molecule has 0 bridgehead atoms. The Morgan fingerprint density at radius 2 is 2.12 bits per heavy atom. The van der Waals surface area contributed by atoms with Crippen molar-refractivity contribution in [1.29, 1.82) is 0 Å². The van der Waals surface area contributed by atoms with Crippen LogP contribution in [0.4, 0.5) is 4.79 Å². The van der Waals surface area contributed by atoms with Gasteiger partial charge in [0.2, 0.25) is 5.91 Å². The highest BCUT2D eigenvalue weighted by atomic mass is 16.2. The number of fused-ring (bicyclic) bond motifs is 1. The van der Waals surface area contributed by atoms with E-state index in [1.165, 1.54) is 0 Å². The molecule has 8 heteroatoms. The monoisotopic (exact) mass is 341 g/mol. The Hall–Kier alpha value is -2.90. The first kappa shape index (κ1) is 15.6. The van der Waals surface area contributed by atoms with Crippen LogP contribution in [-0.4, -0.2) is 56.8 Å². The summed E-state index contributed by atoms with van der Waals surface area (Å²) in [4.78, 5) is 43.5. The number of nitrogens with zero attached hydrogens (tertiary/aromatic N) is 4. The molecule has 2 aromatic rings. The van der Waals surface area contributed by atoms with Gasteiger partial charge in [0.15, 0.2) is 0 Å². The van der Waals surface area contributed by atoms with Crippen molar-refractivity contribution in [2.24, 2.45) is 7.05 Å². The molecule has 2 fully saturated rings. The van der Waals surface area contributed by atoms with Gasteiger partial charge in [0, 0.05) is 13.6 Å². The van der Waals surface area contributed by atoms with E-state index in [1.54, 1.807) is 4.90 Å². The molecule has 2 aliphatic heterocycles. The molecule has 4 rings (SSSR count). The van der Waals surface area contributed by atoms with E-state index in [2.05, 4.69) is 5.32 Å².